The van der Waals surface area contributed by atoms with Gasteiger partial charge in [0.25, 0.3) is 0 Å². The lowest BCUT2D eigenvalue weighted by Crippen LogP contribution is -2.01. The van der Waals surface area contributed by atoms with Crippen molar-refractivity contribution in [2.45, 2.75) is 13.5 Å². The molecule has 0 aliphatic rings. The number of carbonyl (C=O) groups is 1. The molecule has 2 aromatic rings. The van der Waals surface area contributed by atoms with Crippen molar-refractivity contribution in [3.8, 4) is 11.5 Å². The Hall–Kier alpha value is -2.49. The van der Waals surface area contributed by atoms with E-state index in [1.165, 1.54) is 12.1 Å². The molecular weight excluding hydrogens is 244 g/mol. The van der Waals surface area contributed by atoms with Gasteiger partial charge >= 0.3 is 5.97 Å². The van der Waals surface area contributed by atoms with Crippen LogP contribution in [-0.4, -0.2) is 16.2 Å². The molecule has 0 bridgehead atoms. The first-order valence-electron chi connectivity index (χ1n) is 5.81. The number of ether oxygens (including phenoxy) is 1. The molecule has 0 fully saturated rings. The SMILES string of the molecule is Cc1ccccc1OCc1ccc(O)c(C(=O)O)c1. The highest BCUT2D eigenvalue weighted by molar-refractivity contribution is 5.90. The largest absolute Gasteiger partial charge is 0.507 e. The van der Waals surface area contributed by atoms with Crippen LogP contribution in [0.2, 0.25) is 0 Å². The van der Waals surface area contributed by atoms with E-state index in [9.17, 15) is 9.90 Å². The minimum Gasteiger partial charge on any atom is -0.507 e. The first kappa shape index (κ1) is 13.0. The highest BCUT2D eigenvalue weighted by Gasteiger charge is 2.10. The van der Waals surface area contributed by atoms with Crippen LogP contribution in [0.25, 0.3) is 0 Å². The van der Waals surface area contributed by atoms with Gasteiger partial charge in [0.05, 0.1) is 0 Å². The van der Waals surface area contributed by atoms with E-state index in [0.29, 0.717) is 5.56 Å². The number of aromatic carboxylic acids is 1. The van der Waals surface area contributed by atoms with Crippen molar-refractivity contribution in [1.82, 2.24) is 0 Å². The van der Waals surface area contributed by atoms with E-state index < -0.39 is 5.97 Å². The number of aromatic hydroxyl groups is 1. The van der Waals surface area contributed by atoms with Gasteiger partial charge in [-0.05, 0) is 36.2 Å². The normalized spacial score (nSPS) is 10.2. The molecule has 4 heteroatoms. The summed E-state index contributed by atoms with van der Waals surface area (Å²) in [6.45, 7) is 2.19. The topological polar surface area (TPSA) is 66.8 Å². The average molecular weight is 258 g/mol. The number of carboxylic acid groups (broad SMARTS) is 1. The molecule has 0 unspecified atom stereocenters. The molecule has 2 N–H and O–H groups in total. The number of rotatable bonds is 4. The Morgan fingerprint density at radius 1 is 1.21 bits per heavy atom. The minimum absolute atomic E-state index is 0.120. The summed E-state index contributed by atoms with van der Waals surface area (Å²) < 4.78 is 5.62. The molecule has 0 heterocycles. The van der Waals surface area contributed by atoms with Gasteiger partial charge in [0, 0.05) is 0 Å². The monoisotopic (exact) mass is 258 g/mol. The highest BCUT2D eigenvalue weighted by atomic mass is 16.5. The third kappa shape index (κ3) is 3.04. The van der Waals surface area contributed by atoms with Crippen molar-refractivity contribution >= 4 is 5.97 Å². The first-order valence-corrected chi connectivity index (χ1v) is 5.81. The van der Waals surface area contributed by atoms with Crippen LogP contribution in [0.15, 0.2) is 42.5 Å². The number of para-hydroxylation sites is 1. The number of hydrogen-bond acceptors (Lipinski definition) is 3. The summed E-state index contributed by atoms with van der Waals surface area (Å²) in [5.41, 5.74) is 1.59. The van der Waals surface area contributed by atoms with Gasteiger partial charge in [-0.3, -0.25) is 0 Å². The summed E-state index contributed by atoms with van der Waals surface area (Å²) >= 11 is 0. The van der Waals surface area contributed by atoms with E-state index in [0.717, 1.165) is 11.3 Å². The maximum Gasteiger partial charge on any atom is 0.339 e. The Morgan fingerprint density at radius 3 is 2.63 bits per heavy atom. The lowest BCUT2D eigenvalue weighted by Gasteiger charge is -2.09. The van der Waals surface area contributed by atoms with Crippen LogP contribution in [0.4, 0.5) is 0 Å². The van der Waals surface area contributed by atoms with E-state index in [4.69, 9.17) is 9.84 Å². The first-order chi connectivity index (χ1) is 9.08. The quantitative estimate of drug-likeness (QED) is 0.884. The second-order valence-electron chi connectivity index (χ2n) is 4.21. The smallest absolute Gasteiger partial charge is 0.339 e. The van der Waals surface area contributed by atoms with Gasteiger partial charge in [-0.1, -0.05) is 24.3 Å². The van der Waals surface area contributed by atoms with Crippen molar-refractivity contribution < 1.29 is 19.7 Å². The summed E-state index contributed by atoms with van der Waals surface area (Å²) in [6.07, 6.45) is 0. The number of aryl methyl sites for hydroxylation is 1. The second kappa shape index (κ2) is 5.44. The Bertz CT molecular complexity index is 605. The fourth-order valence-corrected chi connectivity index (χ4v) is 1.72. The summed E-state index contributed by atoms with van der Waals surface area (Å²) in [5, 5.41) is 18.3. The van der Waals surface area contributed by atoms with E-state index in [2.05, 4.69) is 0 Å². The zero-order valence-corrected chi connectivity index (χ0v) is 10.5. The number of benzene rings is 2. The van der Waals surface area contributed by atoms with Gasteiger partial charge in [0.1, 0.15) is 23.7 Å². The maximum absolute atomic E-state index is 10.9. The minimum atomic E-state index is -1.16. The van der Waals surface area contributed by atoms with Gasteiger partial charge in [0.2, 0.25) is 0 Å². The van der Waals surface area contributed by atoms with Gasteiger partial charge in [-0.25, -0.2) is 4.79 Å². The van der Waals surface area contributed by atoms with Crippen molar-refractivity contribution in [2.75, 3.05) is 0 Å². The van der Waals surface area contributed by atoms with Crippen molar-refractivity contribution in [3.05, 3.63) is 59.2 Å². The zero-order chi connectivity index (χ0) is 13.8. The molecule has 0 aliphatic heterocycles. The molecule has 0 aromatic heterocycles. The van der Waals surface area contributed by atoms with Crippen LogP contribution in [0.3, 0.4) is 0 Å². The van der Waals surface area contributed by atoms with Crippen molar-refractivity contribution in [2.24, 2.45) is 0 Å². The number of phenols is 1. The molecule has 0 atom stereocenters. The predicted octanol–water partition coefficient (Wildman–Crippen LogP) is 2.98. The summed E-state index contributed by atoms with van der Waals surface area (Å²) in [5.74, 6) is -0.644. The fourth-order valence-electron chi connectivity index (χ4n) is 1.72. The summed E-state index contributed by atoms with van der Waals surface area (Å²) in [6, 6.07) is 12.0. The molecule has 2 aromatic carbocycles. The molecule has 4 nitrogen and oxygen atoms in total. The van der Waals surface area contributed by atoms with Crippen molar-refractivity contribution in [1.29, 1.82) is 0 Å². The fraction of sp³-hybridized carbons (Fsp3) is 0.133. The molecule has 0 spiro atoms. The molecule has 0 saturated heterocycles. The van der Waals surface area contributed by atoms with Crippen LogP contribution >= 0.6 is 0 Å². The van der Waals surface area contributed by atoms with Crippen LogP contribution in [-0.2, 0) is 6.61 Å². The third-order valence-electron chi connectivity index (χ3n) is 2.78. The van der Waals surface area contributed by atoms with Gasteiger partial charge in [-0.2, -0.15) is 0 Å². The predicted molar refractivity (Wildman–Crippen MR) is 70.6 cm³/mol. The van der Waals surface area contributed by atoms with E-state index in [1.54, 1.807) is 6.07 Å². The zero-order valence-electron chi connectivity index (χ0n) is 10.5. The van der Waals surface area contributed by atoms with Crippen LogP contribution in [0, 0.1) is 6.92 Å². The molecule has 2 rings (SSSR count). The maximum atomic E-state index is 10.9. The Balaban J connectivity index is 2.14. The summed E-state index contributed by atoms with van der Waals surface area (Å²) in [4.78, 5) is 10.9. The lowest BCUT2D eigenvalue weighted by atomic mass is 10.1. The molecule has 98 valence electrons. The third-order valence-corrected chi connectivity index (χ3v) is 2.78. The Labute approximate surface area is 110 Å². The number of hydrogen-bond donors (Lipinski definition) is 2. The number of carboxylic acids is 1. The van der Waals surface area contributed by atoms with Gasteiger partial charge in [0.15, 0.2) is 0 Å². The second-order valence-corrected chi connectivity index (χ2v) is 4.21. The molecule has 0 aliphatic carbocycles. The molecule has 19 heavy (non-hydrogen) atoms. The lowest BCUT2D eigenvalue weighted by molar-refractivity contribution is 0.0693. The molecule has 0 radical (unpaired) electrons. The van der Waals surface area contributed by atoms with E-state index >= 15 is 0 Å². The summed E-state index contributed by atoms with van der Waals surface area (Å²) in [7, 11) is 0. The van der Waals surface area contributed by atoms with Crippen LogP contribution < -0.4 is 4.74 Å². The Kier molecular flexibility index (Phi) is 3.71. The van der Waals surface area contributed by atoms with Crippen LogP contribution in [0.5, 0.6) is 11.5 Å². The van der Waals surface area contributed by atoms with E-state index in [-0.39, 0.29) is 17.9 Å². The van der Waals surface area contributed by atoms with Gasteiger partial charge < -0.3 is 14.9 Å². The molecular formula is C15H14O4. The Morgan fingerprint density at radius 2 is 1.95 bits per heavy atom. The molecule has 0 amide bonds. The van der Waals surface area contributed by atoms with Gasteiger partial charge in [-0.15, -0.1) is 0 Å². The average Bonchev–Trinajstić information content (AvgIpc) is 2.39. The van der Waals surface area contributed by atoms with E-state index in [1.807, 2.05) is 31.2 Å². The standard InChI is InChI=1S/C15H14O4/c1-10-4-2-3-5-14(10)19-9-11-6-7-13(16)12(8-11)15(17)18/h2-8,16H,9H2,1H3,(H,17,18). The van der Waals surface area contributed by atoms with Crippen LogP contribution in [0.1, 0.15) is 21.5 Å². The molecule has 0 saturated carbocycles. The van der Waals surface area contributed by atoms with Crippen molar-refractivity contribution in [3.63, 3.8) is 0 Å². The highest BCUT2D eigenvalue weighted by Crippen LogP contribution is 2.21.